The van der Waals surface area contributed by atoms with Gasteiger partial charge in [0.05, 0.1) is 17.7 Å². The Balaban J connectivity index is 1.79. The highest BCUT2D eigenvalue weighted by Crippen LogP contribution is 2.45. The highest BCUT2D eigenvalue weighted by atomic mass is 16.4. The van der Waals surface area contributed by atoms with Crippen molar-refractivity contribution in [3.05, 3.63) is 29.6 Å². The molecule has 0 aromatic carbocycles. The molecular weight excluding hydrogens is 258 g/mol. The van der Waals surface area contributed by atoms with Gasteiger partial charge in [-0.25, -0.2) is 4.79 Å². The van der Waals surface area contributed by atoms with Gasteiger partial charge in [0, 0.05) is 12.7 Å². The molecule has 1 aromatic rings. The van der Waals surface area contributed by atoms with Crippen LogP contribution in [0.1, 0.15) is 31.0 Å². The van der Waals surface area contributed by atoms with Crippen LogP contribution in [0.5, 0.6) is 0 Å². The van der Waals surface area contributed by atoms with Crippen molar-refractivity contribution in [1.82, 2.24) is 15.6 Å². The number of rotatable bonds is 6. The minimum Gasteiger partial charge on any atom is -0.481 e. The molecule has 1 aliphatic rings. The normalized spacial score (nSPS) is 15.4. The van der Waals surface area contributed by atoms with Crippen molar-refractivity contribution in [2.45, 2.75) is 32.7 Å². The van der Waals surface area contributed by atoms with Gasteiger partial charge in [-0.05, 0) is 30.9 Å². The van der Waals surface area contributed by atoms with Gasteiger partial charge in [0.1, 0.15) is 0 Å². The van der Waals surface area contributed by atoms with E-state index in [1.165, 1.54) is 0 Å². The minimum atomic E-state index is -0.837. The fourth-order valence-electron chi connectivity index (χ4n) is 2.05. The largest absolute Gasteiger partial charge is 0.481 e. The molecule has 0 atom stereocenters. The summed E-state index contributed by atoms with van der Waals surface area (Å²) < 4.78 is 0. The molecule has 1 aliphatic carbocycles. The zero-order chi connectivity index (χ0) is 14.6. The molecule has 0 aliphatic heterocycles. The Morgan fingerprint density at radius 2 is 2.15 bits per heavy atom. The number of hydrogen-bond acceptors (Lipinski definition) is 3. The van der Waals surface area contributed by atoms with Crippen molar-refractivity contribution in [2.75, 3.05) is 6.54 Å². The summed E-state index contributed by atoms with van der Waals surface area (Å²) in [4.78, 5) is 26.9. The Labute approximate surface area is 117 Å². The Hall–Kier alpha value is -2.11. The van der Waals surface area contributed by atoms with E-state index in [0.717, 1.165) is 17.7 Å². The first kappa shape index (κ1) is 14.3. The number of carboxylic acids is 1. The molecule has 1 aromatic heterocycles. The summed E-state index contributed by atoms with van der Waals surface area (Å²) in [5, 5.41) is 14.3. The molecule has 0 saturated heterocycles. The van der Waals surface area contributed by atoms with E-state index in [1.807, 2.05) is 19.1 Å². The number of aliphatic carboxylic acids is 1. The number of hydrogen-bond donors (Lipinski definition) is 3. The van der Waals surface area contributed by atoms with Crippen LogP contribution >= 0.6 is 0 Å². The fourth-order valence-corrected chi connectivity index (χ4v) is 2.05. The highest BCUT2D eigenvalue weighted by molar-refractivity contribution is 5.80. The number of carbonyl (C=O) groups is 2. The summed E-state index contributed by atoms with van der Waals surface area (Å²) in [5.74, 6) is -0.837. The molecule has 2 rings (SSSR count). The zero-order valence-electron chi connectivity index (χ0n) is 11.5. The van der Waals surface area contributed by atoms with Gasteiger partial charge in [-0.15, -0.1) is 0 Å². The average Bonchev–Trinajstić information content (AvgIpc) is 3.24. The summed E-state index contributed by atoms with van der Waals surface area (Å²) in [6.07, 6.45) is 3.80. The average molecular weight is 277 g/mol. The van der Waals surface area contributed by atoms with E-state index in [2.05, 4.69) is 15.6 Å². The molecular formula is C14H19N3O3. The molecule has 0 bridgehead atoms. The Kier molecular flexibility index (Phi) is 4.22. The van der Waals surface area contributed by atoms with Crippen LogP contribution < -0.4 is 10.6 Å². The maximum atomic E-state index is 11.7. The van der Waals surface area contributed by atoms with Gasteiger partial charge in [-0.2, -0.15) is 0 Å². The van der Waals surface area contributed by atoms with E-state index >= 15 is 0 Å². The lowest BCUT2D eigenvalue weighted by atomic mass is 10.1. The third-order valence-electron chi connectivity index (χ3n) is 3.68. The molecule has 1 saturated carbocycles. The number of pyridine rings is 1. The number of urea groups is 1. The third kappa shape index (κ3) is 3.26. The third-order valence-corrected chi connectivity index (χ3v) is 3.68. The van der Waals surface area contributed by atoms with Crippen LogP contribution in [0.15, 0.2) is 18.3 Å². The standard InChI is InChI=1S/C14H19N3O3/c1-2-10-4-3-7-15-11(10)8-16-13(20)17-9-14(5-6-14)12(18)19/h3-4,7H,2,5-6,8-9H2,1H3,(H,18,19)(H2,16,17,20). The second-order valence-corrected chi connectivity index (χ2v) is 5.08. The molecule has 2 amide bonds. The van der Waals surface area contributed by atoms with Gasteiger partial charge in [0.15, 0.2) is 0 Å². The fraction of sp³-hybridized carbons (Fsp3) is 0.500. The van der Waals surface area contributed by atoms with Crippen molar-refractivity contribution in [1.29, 1.82) is 0 Å². The van der Waals surface area contributed by atoms with E-state index in [1.54, 1.807) is 6.20 Å². The Morgan fingerprint density at radius 3 is 2.75 bits per heavy atom. The number of carbonyl (C=O) groups excluding carboxylic acids is 1. The van der Waals surface area contributed by atoms with Crippen molar-refractivity contribution in [3.8, 4) is 0 Å². The second-order valence-electron chi connectivity index (χ2n) is 5.08. The van der Waals surface area contributed by atoms with Gasteiger partial charge < -0.3 is 15.7 Å². The summed E-state index contributed by atoms with van der Waals surface area (Å²) >= 11 is 0. The smallest absolute Gasteiger partial charge is 0.315 e. The second kappa shape index (κ2) is 5.90. The molecule has 6 heteroatoms. The quantitative estimate of drug-likeness (QED) is 0.731. The van der Waals surface area contributed by atoms with E-state index < -0.39 is 11.4 Å². The summed E-state index contributed by atoms with van der Waals surface area (Å²) in [6, 6.07) is 3.49. The number of aryl methyl sites for hydroxylation is 1. The first-order chi connectivity index (χ1) is 9.57. The van der Waals surface area contributed by atoms with Crippen LogP contribution in [0.4, 0.5) is 4.79 Å². The number of nitrogens with zero attached hydrogens (tertiary/aromatic N) is 1. The molecule has 20 heavy (non-hydrogen) atoms. The molecule has 108 valence electrons. The molecule has 6 nitrogen and oxygen atoms in total. The van der Waals surface area contributed by atoms with Gasteiger partial charge >= 0.3 is 12.0 Å². The van der Waals surface area contributed by atoms with Crippen LogP contribution in [0.25, 0.3) is 0 Å². The lowest BCUT2D eigenvalue weighted by Crippen LogP contribution is -2.40. The molecule has 0 spiro atoms. The van der Waals surface area contributed by atoms with Crippen molar-refractivity contribution >= 4 is 12.0 Å². The molecule has 0 unspecified atom stereocenters. The maximum Gasteiger partial charge on any atom is 0.315 e. The van der Waals surface area contributed by atoms with Gasteiger partial charge in [0.2, 0.25) is 0 Å². The van der Waals surface area contributed by atoms with Gasteiger partial charge in [0.25, 0.3) is 0 Å². The summed E-state index contributed by atoms with van der Waals surface area (Å²) in [7, 11) is 0. The van der Waals surface area contributed by atoms with Crippen LogP contribution in [-0.4, -0.2) is 28.6 Å². The number of aromatic nitrogens is 1. The minimum absolute atomic E-state index is 0.178. The molecule has 1 fully saturated rings. The van der Waals surface area contributed by atoms with Gasteiger partial charge in [-0.1, -0.05) is 13.0 Å². The lowest BCUT2D eigenvalue weighted by molar-refractivity contribution is -0.143. The number of amides is 2. The van der Waals surface area contributed by atoms with E-state index in [9.17, 15) is 9.59 Å². The Morgan fingerprint density at radius 1 is 1.40 bits per heavy atom. The maximum absolute atomic E-state index is 11.7. The first-order valence-electron chi connectivity index (χ1n) is 6.75. The predicted molar refractivity (Wildman–Crippen MR) is 73.2 cm³/mol. The topological polar surface area (TPSA) is 91.3 Å². The van der Waals surface area contributed by atoms with Crippen LogP contribution in [0.2, 0.25) is 0 Å². The first-order valence-corrected chi connectivity index (χ1v) is 6.75. The van der Waals surface area contributed by atoms with Crippen LogP contribution in [0.3, 0.4) is 0 Å². The monoisotopic (exact) mass is 277 g/mol. The molecule has 0 radical (unpaired) electrons. The zero-order valence-corrected chi connectivity index (χ0v) is 11.5. The molecule has 1 heterocycles. The van der Waals surface area contributed by atoms with E-state index in [-0.39, 0.29) is 12.6 Å². The van der Waals surface area contributed by atoms with Crippen LogP contribution in [0, 0.1) is 5.41 Å². The van der Waals surface area contributed by atoms with Crippen LogP contribution in [-0.2, 0) is 17.8 Å². The van der Waals surface area contributed by atoms with E-state index in [0.29, 0.717) is 19.4 Å². The SMILES string of the molecule is CCc1cccnc1CNC(=O)NCC1(C(=O)O)CC1. The number of carboxylic acid groups (broad SMARTS) is 1. The van der Waals surface area contributed by atoms with Crippen molar-refractivity contribution in [2.24, 2.45) is 5.41 Å². The molecule has 3 N–H and O–H groups in total. The highest BCUT2D eigenvalue weighted by Gasteiger charge is 2.50. The van der Waals surface area contributed by atoms with E-state index in [4.69, 9.17) is 5.11 Å². The number of nitrogens with one attached hydrogen (secondary N) is 2. The predicted octanol–water partition coefficient (Wildman–Crippen LogP) is 1.31. The van der Waals surface area contributed by atoms with Crippen molar-refractivity contribution in [3.63, 3.8) is 0 Å². The lowest BCUT2D eigenvalue weighted by Gasteiger charge is -2.12. The summed E-state index contributed by atoms with van der Waals surface area (Å²) in [6.45, 7) is 2.55. The summed E-state index contributed by atoms with van der Waals surface area (Å²) in [5.41, 5.74) is 1.19. The van der Waals surface area contributed by atoms with Crippen molar-refractivity contribution < 1.29 is 14.7 Å². The van der Waals surface area contributed by atoms with Gasteiger partial charge in [-0.3, -0.25) is 9.78 Å². The Bertz CT molecular complexity index is 512.